The number of fused-ring (bicyclic) bond motifs is 1. The zero-order chi connectivity index (χ0) is 11.9. The smallest absolute Gasteiger partial charge is 0.560 e. The molecule has 1 aromatic carbocycles. The number of carbonyl (C=O) groups is 1. The van der Waals surface area contributed by atoms with Crippen molar-refractivity contribution in [2.75, 3.05) is 0 Å². The average Bonchev–Trinajstić information content (AvgIpc) is 2.55. The molecule has 0 aliphatic rings. The Morgan fingerprint density at radius 3 is 2.56 bits per heavy atom. The molecule has 0 spiro atoms. The van der Waals surface area contributed by atoms with E-state index in [2.05, 4.69) is 26.0 Å². The number of aryl methyl sites for hydroxylation is 1. The Kier molecular flexibility index (Phi) is 2.46. The molecule has 0 saturated heterocycles. The van der Waals surface area contributed by atoms with Crippen LogP contribution in [0.2, 0.25) is 0 Å². The molecule has 1 aromatic heterocycles. The topological polar surface area (TPSA) is 44.9 Å². The van der Waals surface area contributed by atoms with E-state index in [1.54, 1.807) is 10.6 Å². The Morgan fingerprint density at radius 1 is 1.31 bits per heavy atom. The molecule has 2 rings (SSSR count). The van der Waals surface area contributed by atoms with Crippen LogP contribution >= 0.6 is 0 Å². The van der Waals surface area contributed by atoms with Crippen LogP contribution in [-0.4, -0.2) is 15.6 Å². The van der Waals surface area contributed by atoms with Crippen LogP contribution in [0.4, 0.5) is 0 Å². The lowest BCUT2D eigenvalue weighted by Crippen LogP contribution is -2.03. The average molecular weight is 218 g/mol. The SMILES string of the molecule is CC(C)c1ccc2c(c1)cc(C(=O)[OH2+])n2C. The van der Waals surface area contributed by atoms with Gasteiger partial charge in [-0.25, -0.2) is 0 Å². The van der Waals surface area contributed by atoms with Gasteiger partial charge in [-0.05, 0) is 29.7 Å². The molecule has 3 nitrogen and oxygen atoms in total. The molecule has 2 N–H and O–H groups in total. The van der Waals surface area contributed by atoms with Crippen LogP contribution in [0.3, 0.4) is 0 Å². The molecule has 0 fully saturated rings. The van der Waals surface area contributed by atoms with Gasteiger partial charge in [-0.2, -0.15) is 0 Å². The molecule has 1 heterocycles. The van der Waals surface area contributed by atoms with Crippen molar-refractivity contribution < 1.29 is 9.90 Å². The molecule has 3 heteroatoms. The summed E-state index contributed by atoms with van der Waals surface area (Å²) >= 11 is 0. The van der Waals surface area contributed by atoms with E-state index in [0.717, 1.165) is 10.9 Å². The lowest BCUT2D eigenvalue weighted by Gasteiger charge is -2.05. The van der Waals surface area contributed by atoms with Gasteiger partial charge in [0.25, 0.3) is 0 Å². The Balaban J connectivity index is 2.67. The van der Waals surface area contributed by atoms with Crippen molar-refractivity contribution >= 4 is 16.9 Å². The zero-order valence-corrected chi connectivity index (χ0v) is 9.74. The maximum absolute atomic E-state index is 11.1. The first-order valence-electron chi connectivity index (χ1n) is 5.36. The molecular weight excluding hydrogens is 202 g/mol. The molecule has 0 amide bonds. The number of carbonyl (C=O) groups excluding carboxylic acids is 1. The van der Waals surface area contributed by atoms with Gasteiger partial charge in [0, 0.05) is 22.7 Å². The molecule has 0 bridgehead atoms. The number of hydrogen-bond acceptors (Lipinski definition) is 1. The minimum Gasteiger partial charge on any atom is -0.560 e. The third-order valence-electron chi connectivity index (χ3n) is 2.97. The van der Waals surface area contributed by atoms with Gasteiger partial charge in [0.2, 0.25) is 0 Å². The Hall–Kier alpha value is -1.77. The lowest BCUT2D eigenvalue weighted by molar-refractivity contribution is 0.0687. The van der Waals surface area contributed by atoms with E-state index in [4.69, 9.17) is 5.11 Å². The fourth-order valence-corrected chi connectivity index (χ4v) is 1.94. The maximum Gasteiger partial charge on any atom is 0.565 e. The maximum atomic E-state index is 11.1. The van der Waals surface area contributed by atoms with Crippen molar-refractivity contribution in [3.63, 3.8) is 0 Å². The molecule has 0 unspecified atom stereocenters. The third kappa shape index (κ3) is 1.58. The summed E-state index contributed by atoms with van der Waals surface area (Å²) in [5.41, 5.74) is 2.69. The number of nitrogens with zero attached hydrogens (tertiary/aromatic N) is 1. The normalized spacial score (nSPS) is 11.2. The summed E-state index contributed by atoms with van der Waals surface area (Å²) in [6.07, 6.45) is 0. The highest BCUT2D eigenvalue weighted by Crippen LogP contribution is 2.23. The highest BCUT2D eigenvalue weighted by atomic mass is 16.4. The van der Waals surface area contributed by atoms with Crippen LogP contribution < -0.4 is 0 Å². The molecule has 2 aromatic rings. The van der Waals surface area contributed by atoms with E-state index < -0.39 is 5.97 Å². The summed E-state index contributed by atoms with van der Waals surface area (Å²) in [6.45, 7) is 4.28. The van der Waals surface area contributed by atoms with Gasteiger partial charge in [0.1, 0.15) is 0 Å². The van der Waals surface area contributed by atoms with Crippen molar-refractivity contribution in [1.82, 2.24) is 4.57 Å². The van der Waals surface area contributed by atoms with Crippen LogP contribution in [0.15, 0.2) is 24.3 Å². The van der Waals surface area contributed by atoms with E-state index >= 15 is 0 Å². The van der Waals surface area contributed by atoms with E-state index in [1.807, 2.05) is 13.1 Å². The number of rotatable bonds is 2. The second-order valence-electron chi connectivity index (χ2n) is 4.39. The van der Waals surface area contributed by atoms with Gasteiger partial charge in [-0.15, -0.1) is 0 Å². The van der Waals surface area contributed by atoms with Gasteiger partial charge in [0.15, 0.2) is 5.69 Å². The first kappa shape index (κ1) is 10.7. The molecule has 0 aliphatic carbocycles. The van der Waals surface area contributed by atoms with Crippen LogP contribution in [0.1, 0.15) is 35.8 Å². The van der Waals surface area contributed by atoms with Crippen LogP contribution in [0, 0.1) is 0 Å². The minimum absolute atomic E-state index is 0.441. The summed E-state index contributed by atoms with van der Waals surface area (Å²) in [6, 6.07) is 7.96. The van der Waals surface area contributed by atoms with Crippen LogP contribution in [0.5, 0.6) is 0 Å². The van der Waals surface area contributed by atoms with Gasteiger partial charge in [0.05, 0.1) is 0 Å². The Bertz CT molecular complexity index is 552. The van der Waals surface area contributed by atoms with Crippen molar-refractivity contribution in [3.05, 3.63) is 35.5 Å². The lowest BCUT2D eigenvalue weighted by atomic mass is 10.0. The van der Waals surface area contributed by atoms with E-state index in [9.17, 15) is 4.79 Å². The highest BCUT2D eigenvalue weighted by molar-refractivity contribution is 5.94. The molecule has 16 heavy (non-hydrogen) atoms. The van der Waals surface area contributed by atoms with E-state index in [0.29, 0.717) is 11.6 Å². The summed E-state index contributed by atoms with van der Waals surface area (Å²) in [4.78, 5) is 11.1. The summed E-state index contributed by atoms with van der Waals surface area (Å²) in [5.74, 6) is -0.162. The van der Waals surface area contributed by atoms with Crippen LogP contribution in [-0.2, 0) is 7.05 Å². The molecule has 84 valence electrons. The third-order valence-corrected chi connectivity index (χ3v) is 2.97. The number of hydrogen-bond donors (Lipinski definition) is 0. The van der Waals surface area contributed by atoms with Gasteiger partial charge < -0.3 is 9.67 Å². The summed E-state index contributed by atoms with van der Waals surface area (Å²) in [5, 5.41) is 8.20. The minimum atomic E-state index is -0.634. The Labute approximate surface area is 94.3 Å². The summed E-state index contributed by atoms with van der Waals surface area (Å²) in [7, 11) is 1.82. The van der Waals surface area contributed by atoms with Crippen LogP contribution in [0.25, 0.3) is 10.9 Å². The highest BCUT2D eigenvalue weighted by Gasteiger charge is 2.18. The second-order valence-corrected chi connectivity index (χ2v) is 4.39. The molecule has 0 atom stereocenters. The Morgan fingerprint density at radius 2 is 2.00 bits per heavy atom. The molecule has 0 saturated carbocycles. The first-order chi connectivity index (χ1) is 7.50. The summed E-state index contributed by atoms with van der Waals surface area (Å²) < 4.78 is 1.77. The fraction of sp³-hybridized carbons (Fsp3) is 0.308. The first-order valence-corrected chi connectivity index (χ1v) is 5.36. The largest absolute Gasteiger partial charge is 0.565 e. The second kappa shape index (κ2) is 3.67. The van der Waals surface area contributed by atoms with Crippen molar-refractivity contribution in [1.29, 1.82) is 0 Å². The number of benzene rings is 1. The van der Waals surface area contributed by atoms with E-state index in [-0.39, 0.29) is 0 Å². The monoisotopic (exact) mass is 218 g/mol. The van der Waals surface area contributed by atoms with Crippen molar-refractivity contribution in [2.45, 2.75) is 19.8 Å². The molecular formula is C13H16NO2+. The van der Waals surface area contributed by atoms with Gasteiger partial charge in [-0.1, -0.05) is 19.9 Å². The molecule has 0 aliphatic heterocycles. The predicted octanol–water partition coefficient (Wildman–Crippen LogP) is 2.17. The predicted molar refractivity (Wildman–Crippen MR) is 65.0 cm³/mol. The van der Waals surface area contributed by atoms with Crippen molar-refractivity contribution in [3.8, 4) is 0 Å². The van der Waals surface area contributed by atoms with Crippen molar-refractivity contribution in [2.24, 2.45) is 7.05 Å². The van der Waals surface area contributed by atoms with Gasteiger partial charge in [-0.3, -0.25) is 0 Å². The van der Waals surface area contributed by atoms with Gasteiger partial charge >= 0.3 is 5.97 Å². The standard InChI is InChI=1S/C13H15NO2/c1-8(2)9-4-5-11-10(6-9)7-12(13(15)16)14(11)3/h4-8H,1-3H3,(H,15,16)/p+1. The number of aromatic nitrogens is 1. The molecule has 0 radical (unpaired) electrons. The zero-order valence-electron chi connectivity index (χ0n) is 9.74. The quantitative estimate of drug-likeness (QED) is 0.712. The van der Waals surface area contributed by atoms with E-state index in [1.165, 1.54) is 5.56 Å². The fourth-order valence-electron chi connectivity index (χ4n) is 1.94.